The van der Waals surface area contributed by atoms with Gasteiger partial charge in [0.05, 0.1) is 0 Å². The Morgan fingerprint density at radius 3 is 2.80 bits per heavy atom. The van der Waals surface area contributed by atoms with Gasteiger partial charge in [-0.3, -0.25) is 14.5 Å². The normalized spacial score (nSPS) is 14.4. The number of aryl methyl sites for hydroxylation is 1. The van der Waals surface area contributed by atoms with Crippen molar-refractivity contribution >= 4 is 29.0 Å². The second-order valence-electron chi connectivity index (χ2n) is 6.25. The van der Waals surface area contributed by atoms with Crippen LogP contribution in [0.5, 0.6) is 0 Å². The van der Waals surface area contributed by atoms with Crippen LogP contribution in [0.4, 0.5) is 5.69 Å². The lowest BCUT2D eigenvalue weighted by Crippen LogP contribution is -2.43. The van der Waals surface area contributed by atoms with Crippen LogP contribution in [0, 0.1) is 0 Å². The van der Waals surface area contributed by atoms with E-state index in [1.54, 1.807) is 5.38 Å². The van der Waals surface area contributed by atoms with Gasteiger partial charge in [0.15, 0.2) is 5.69 Å². The summed E-state index contributed by atoms with van der Waals surface area (Å²) in [5.41, 5.74) is 2.09. The maximum atomic E-state index is 12.8. The Morgan fingerprint density at radius 2 is 2.12 bits per heavy atom. The fraction of sp³-hybridized carbons (Fsp3) is 0.444. The number of benzene rings is 1. The van der Waals surface area contributed by atoms with Crippen molar-refractivity contribution in [1.82, 2.24) is 14.9 Å². The number of hydrogen-bond acceptors (Lipinski definition) is 5. The Kier molecular flexibility index (Phi) is 5.75. The van der Waals surface area contributed by atoms with Gasteiger partial charge in [-0.15, -0.1) is 5.10 Å². The van der Waals surface area contributed by atoms with E-state index in [1.165, 1.54) is 4.90 Å². The zero-order chi connectivity index (χ0) is 17.6. The second-order valence-corrected chi connectivity index (χ2v) is 6.86. The average molecular weight is 358 g/mol. The molecule has 1 saturated carbocycles. The van der Waals surface area contributed by atoms with Crippen LogP contribution in [0.3, 0.4) is 0 Å². The third kappa shape index (κ3) is 4.42. The van der Waals surface area contributed by atoms with Crippen molar-refractivity contribution in [3.05, 3.63) is 40.9 Å². The van der Waals surface area contributed by atoms with E-state index < -0.39 is 0 Å². The summed E-state index contributed by atoms with van der Waals surface area (Å²) in [4.78, 5) is 26.8. The molecule has 2 amide bonds. The molecular formula is C18H22N4O2S. The maximum absolute atomic E-state index is 12.8. The molecule has 0 bridgehead atoms. The Hall–Kier alpha value is -2.28. The van der Waals surface area contributed by atoms with E-state index in [1.807, 2.05) is 24.3 Å². The summed E-state index contributed by atoms with van der Waals surface area (Å²) in [5.74, 6) is -0.436. The van der Waals surface area contributed by atoms with Crippen molar-refractivity contribution in [1.29, 1.82) is 0 Å². The molecular weight excluding hydrogens is 336 g/mol. The monoisotopic (exact) mass is 358 g/mol. The van der Waals surface area contributed by atoms with Crippen LogP contribution in [0.2, 0.25) is 0 Å². The van der Waals surface area contributed by atoms with Crippen molar-refractivity contribution in [2.75, 3.05) is 11.4 Å². The summed E-state index contributed by atoms with van der Waals surface area (Å²) in [6.07, 6.45) is 5.19. The molecule has 1 aliphatic carbocycles. The number of nitrogens with one attached hydrogen (secondary N) is 1. The number of nitrogens with zero attached hydrogens (tertiary/aromatic N) is 3. The third-order valence-corrected chi connectivity index (χ3v) is 4.98. The first-order chi connectivity index (χ1) is 12.2. The van der Waals surface area contributed by atoms with E-state index in [-0.39, 0.29) is 30.1 Å². The van der Waals surface area contributed by atoms with E-state index >= 15 is 0 Å². The predicted molar refractivity (Wildman–Crippen MR) is 97.8 cm³/mol. The maximum Gasteiger partial charge on any atom is 0.280 e. The van der Waals surface area contributed by atoms with Crippen LogP contribution in [0.15, 0.2) is 29.6 Å². The van der Waals surface area contributed by atoms with E-state index in [9.17, 15) is 9.59 Å². The summed E-state index contributed by atoms with van der Waals surface area (Å²) >= 11 is 1.12. The van der Waals surface area contributed by atoms with Crippen LogP contribution in [-0.2, 0) is 11.2 Å². The minimum atomic E-state index is -0.302. The standard InChI is InChI=1S/C18H22N4O2S/c1-2-13-6-5-9-15(10-13)22(18(24)16-12-25-21-20-16)11-17(23)19-14-7-3-4-8-14/h5-6,9-10,12,14H,2-4,7-8,11H2,1H3,(H,19,23). The predicted octanol–water partition coefficient (Wildman–Crippen LogP) is 2.81. The minimum Gasteiger partial charge on any atom is -0.352 e. The van der Waals surface area contributed by atoms with Crippen molar-refractivity contribution in [3.8, 4) is 0 Å². The molecule has 1 N–H and O–H groups in total. The molecule has 1 aromatic carbocycles. The van der Waals surface area contributed by atoms with Gasteiger partial charge in [-0.05, 0) is 48.5 Å². The molecule has 1 aromatic heterocycles. The van der Waals surface area contributed by atoms with Crippen molar-refractivity contribution in [3.63, 3.8) is 0 Å². The number of aromatic nitrogens is 2. The van der Waals surface area contributed by atoms with Gasteiger partial charge < -0.3 is 5.32 Å². The molecule has 1 fully saturated rings. The highest BCUT2D eigenvalue weighted by Gasteiger charge is 2.25. The number of rotatable bonds is 6. The second kappa shape index (κ2) is 8.20. The zero-order valence-corrected chi connectivity index (χ0v) is 15.1. The van der Waals surface area contributed by atoms with E-state index in [0.29, 0.717) is 5.69 Å². The molecule has 2 aromatic rings. The first-order valence-corrected chi connectivity index (χ1v) is 9.48. The third-order valence-electron chi connectivity index (χ3n) is 4.48. The topological polar surface area (TPSA) is 75.2 Å². The quantitative estimate of drug-likeness (QED) is 0.861. The summed E-state index contributed by atoms with van der Waals surface area (Å²) in [6.45, 7) is 2.04. The van der Waals surface area contributed by atoms with Crippen LogP contribution >= 0.6 is 11.5 Å². The molecule has 0 saturated heterocycles. The highest BCUT2D eigenvalue weighted by atomic mass is 32.1. The average Bonchev–Trinajstić information content (AvgIpc) is 3.33. The number of anilines is 1. The minimum absolute atomic E-state index is 0.0139. The number of carbonyl (C=O) groups excluding carboxylic acids is 2. The first kappa shape index (κ1) is 17.5. The van der Waals surface area contributed by atoms with Gasteiger partial charge in [-0.25, -0.2) is 0 Å². The largest absolute Gasteiger partial charge is 0.352 e. The first-order valence-electron chi connectivity index (χ1n) is 8.64. The summed E-state index contributed by atoms with van der Waals surface area (Å²) in [5, 5.41) is 8.51. The van der Waals surface area contributed by atoms with Gasteiger partial charge in [0, 0.05) is 17.1 Å². The van der Waals surface area contributed by atoms with E-state index in [2.05, 4.69) is 21.8 Å². The van der Waals surface area contributed by atoms with Gasteiger partial charge in [0.2, 0.25) is 5.91 Å². The van der Waals surface area contributed by atoms with Gasteiger partial charge in [-0.1, -0.05) is 36.4 Å². The lowest BCUT2D eigenvalue weighted by Gasteiger charge is -2.23. The van der Waals surface area contributed by atoms with Crippen molar-refractivity contribution < 1.29 is 9.59 Å². The Balaban J connectivity index is 1.80. The lowest BCUT2D eigenvalue weighted by molar-refractivity contribution is -0.120. The Bertz CT molecular complexity index is 726. The van der Waals surface area contributed by atoms with Gasteiger partial charge in [0.1, 0.15) is 6.54 Å². The SMILES string of the molecule is CCc1cccc(N(CC(=O)NC2CCCC2)C(=O)c2csnn2)c1. The number of carbonyl (C=O) groups is 2. The Labute approximate surface area is 151 Å². The van der Waals surface area contributed by atoms with Gasteiger partial charge >= 0.3 is 0 Å². The lowest BCUT2D eigenvalue weighted by atomic mass is 10.1. The molecule has 7 heteroatoms. The zero-order valence-electron chi connectivity index (χ0n) is 14.3. The summed E-state index contributed by atoms with van der Waals surface area (Å²) < 4.78 is 3.76. The molecule has 3 rings (SSSR count). The number of hydrogen-bond donors (Lipinski definition) is 1. The summed E-state index contributed by atoms with van der Waals surface area (Å²) in [7, 11) is 0. The molecule has 0 unspecified atom stereocenters. The fourth-order valence-corrected chi connectivity index (χ4v) is 3.54. The summed E-state index contributed by atoms with van der Waals surface area (Å²) in [6, 6.07) is 7.94. The molecule has 1 aliphatic rings. The fourth-order valence-electron chi connectivity index (χ4n) is 3.11. The highest BCUT2D eigenvalue weighted by molar-refractivity contribution is 7.03. The molecule has 1 heterocycles. The van der Waals surface area contributed by atoms with Crippen LogP contribution in [0.1, 0.15) is 48.7 Å². The van der Waals surface area contributed by atoms with E-state index in [0.717, 1.165) is 49.2 Å². The molecule has 0 aliphatic heterocycles. The molecule has 25 heavy (non-hydrogen) atoms. The van der Waals surface area contributed by atoms with Crippen LogP contribution in [0.25, 0.3) is 0 Å². The number of amides is 2. The van der Waals surface area contributed by atoms with Gasteiger partial charge in [0.25, 0.3) is 5.91 Å². The van der Waals surface area contributed by atoms with Gasteiger partial charge in [-0.2, -0.15) is 0 Å². The van der Waals surface area contributed by atoms with Crippen LogP contribution < -0.4 is 10.2 Å². The van der Waals surface area contributed by atoms with E-state index in [4.69, 9.17) is 0 Å². The molecule has 0 radical (unpaired) electrons. The van der Waals surface area contributed by atoms with Crippen molar-refractivity contribution in [2.24, 2.45) is 0 Å². The van der Waals surface area contributed by atoms with Crippen LogP contribution in [-0.4, -0.2) is 34.0 Å². The smallest absolute Gasteiger partial charge is 0.280 e. The Morgan fingerprint density at radius 1 is 1.32 bits per heavy atom. The molecule has 0 atom stereocenters. The van der Waals surface area contributed by atoms with Crippen molar-refractivity contribution in [2.45, 2.75) is 45.1 Å². The highest BCUT2D eigenvalue weighted by Crippen LogP contribution is 2.20. The molecule has 132 valence electrons. The molecule has 0 spiro atoms. The molecule has 6 nitrogen and oxygen atoms in total.